The number of benzene rings is 1. The molecule has 1 fully saturated rings. The number of carbonyl (C=O) groups excluding carboxylic acids is 1. The second-order valence-electron chi connectivity index (χ2n) is 5.53. The number of rotatable bonds is 4. The van der Waals surface area contributed by atoms with Crippen molar-refractivity contribution >= 4 is 17.5 Å². The molecule has 0 heterocycles. The Balaban J connectivity index is 1.87. The van der Waals surface area contributed by atoms with Crippen molar-refractivity contribution in [3.8, 4) is 0 Å². The van der Waals surface area contributed by atoms with E-state index < -0.39 is 6.09 Å². The van der Waals surface area contributed by atoms with E-state index in [9.17, 15) is 4.79 Å². The van der Waals surface area contributed by atoms with Crippen molar-refractivity contribution in [3.63, 3.8) is 0 Å². The van der Waals surface area contributed by atoms with E-state index in [1.165, 1.54) is 39.2 Å². The van der Waals surface area contributed by atoms with Crippen LogP contribution in [-0.2, 0) is 4.74 Å². The Labute approximate surface area is 120 Å². The van der Waals surface area contributed by atoms with Gasteiger partial charge in [-0.3, -0.25) is 5.32 Å². The van der Waals surface area contributed by atoms with E-state index in [-0.39, 0.29) is 0 Å². The van der Waals surface area contributed by atoms with Gasteiger partial charge in [0.25, 0.3) is 0 Å². The molecule has 2 N–H and O–H groups in total. The predicted octanol–water partition coefficient (Wildman–Crippen LogP) is 4.25. The number of hydrogen-bond donors (Lipinski definition) is 2. The van der Waals surface area contributed by atoms with E-state index in [1.54, 1.807) is 0 Å². The van der Waals surface area contributed by atoms with Gasteiger partial charge in [-0.15, -0.1) is 0 Å². The molecule has 2 rings (SSSR count). The molecule has 0 aliphatic heterocycles. The molecule has 1 aliphatic rings. The third-order valence-electron chi connectivity index (χ3n) is 4.07. The molecule has 1 saturated carbocycles. The van der Waals surface area contributed by atoms with Gasteiger partial charge < -0.3 is 10.1 Å². The zero-order valence-electron chi connectivity index (χ0n) is 12.3. The molecular formula is C16H24N2O2. The summed E-state index contributed by atoms with van der Waals surface area (Å²) in [5, 5.41) is 6.21. The molecule has 20 heavy (non-hydrogen) atoms. The standard InChI is InChI=1S/C16H24N2O2/c1-12(13-6-4-3-5-7-13)17-14-8-10-15(11-9-14)18-16(19)20-2/h8-13,17H,3-7H2,1-2H3,(H,18,19). The number of amides is 1. The smallest absolute Gasteiger partial charge is 0.411 e. The summed E-state index contributed by atoms with van der Waals surface area (Å²) in [4.78, 5) is 11.1. The summed E-state index contributed by atoms with van der Waals surface area (Å²) in [6.45, 7) is 2.26. The van der Waals surface area contributed by atoms with Gasteiger partial charge in [-0.2, -0.15) is 0 Å². The van der Waals surface area contributed by atoms with Crippen LogP contribution in [-0.4, -0.2) is 19.2 Å². The highest BCUT2D eigenvalue weighted by molar-refractivity contribution is 5.84. The normalized spacial score (nSPS) is 17.3. The maximum atomic E-state index is 11.1. The fourth-order valence-electron chi connectivity index (χ4n) is 2.83. The van der Waals surface area contributed by atoms with Crippen molar-refractivity contribution in [2.24, 2.45) is 5.92 Å². The molecule has 110 valence electrons. The summed E-state index contributed by atoms with van der Waals surface area (Å²) in [6.07, 6.45) is 6.32. The molecule has 0 bridgehead atoms. The molecule has 1 unspecified atom stereocenters. The van der Waals surface area contributed by atoms with Crippen LogP contribution < -0.4 is 10.6 Å². The van der Waals surface area contributed by atoms with E-state index in [2.05, 4.69) is 22.3 Å². The molecule has 0 aromatic heterocycles. The lowest BCUT2D eigenvalue weighted by Gasteiger charge is -2.29. The number of ether oxygens (including phenoxy) is 1. The molecule has 1 aromatic rings. The third kappa shape index (κ3) is 4.15. The summed E-state index contributed by atoms with van der Waals surface area (Å²) in [5.74, 6) is 0.775. The highest BCUT2D eigenvalue weighted by atomic mass is 16.5. The second kappa shape index (κ2) is 7.17. The summed E-state index contributed by atoms with van der Waals surface area (Å²) in [5.41, 5.74) is 1.84. The molecule has 4 nitrogen and oxygen atoms in total. The molecule has 1 amide bonds. The zero-order chi connectivity index (χ0) is 14.4. The summed E-state index contributed by atoms with van der Waals surface area (Å²) in [7, 11) is 1.36. The van der Waals surface area contributed by atoms with Crippen LogP contribution >= 0.6 is 0 Å². The molecule has 0 radical (unpaired) electrons. The molecule has 1 atom stereocenters. The van der Waals surface area contributed by atoms with Crippen LogP contribution in [0.1, 0.15) is 39.0 Å². The molecular weight excluding hydrogens is 252 g/mol. The van der Waals surface area contributed by atoms with Crippen LogP contribution in [0.5, 0.6) is 0 Å². The Morgan fingerprint density at radius 2 is 1.75 bits per heavy atom. The maximum absolute atomic E-state index is 11.1. The summed E-state index contributed by atoms with van der Waals surface area (Å²) < 4.78 is 4.56. The van der Waals surface area contributed by atoms with E-state index in [0.29, 0.717) is 6.04 Å². The lowest BCUT2D eigenvalue weighted by Crippen LogP contribution is -2.27. The summed E-state index contributed by atoms with van der Waals surface area (Å²) >= 11 is 0. The Hall–Kier alpha value is -1.71. The van der Waals surface area contributed by atoms with Crippen molar-refractivity contribution in [2.45, 2.75) is 45.1 Å². The van der Waals surface area contributed by atoms with E-state index in [4.69, 9.17) is 0 Å². The van der Waals surface area contributed by atoms with Gasteiger partial charge in [0.1, 0.15) is 0 Å². The first-order valence-electron chi connectivity index (χ1n) is 7.40. The van der Waals surface area contributed by atoms with Gasteiger partial charge >= 0.3 is 6.09 Å². The minimum Gasteiger partial charge on any atom is -0.453 e. The van der Waals surface area contributed by atoms with E-state index >= 15 is 0 Å². The first-order valence-corrected chi connectivity index (χ1v) is 7.40. The van der Waals surface area contributed by atoms with Crippen LogP contribution in [0.2, 0.25) is 0 Å². The minimum atomic E-state index is -0.443. The van der Waals surface area contributed by atoms with Crippen molar-refractivity contribution in [1.82, 2.24) is 0 Å². The summed E-state index contributed by atoms with van der Waals surface area (Å²) in [6, 6.07) is 8.24. The number of carbonyl (C=O) groups is 1. The molecule has 4 heteroatoms. The lowest BCUT2D eigenvalue weighted by molar-refractivity contribution is 0.187. The SMILES string of the molecule is COC(=O)Nc1ccc(NC(C)C2CCCCC2)cc1. The largest absolute Gasteiger partial charge is 0.453 e. The lowest BCUT2D eigenvalue weighted by atomic mass is 9.84. The number of hydrogen-bond acceptors (Lipinski definition) is 3. The Morgan fingerprint density at radius 1 is 1.15 bits per heavy atom. The van der Waals surface area contributed by atoms with Crippen molar-refractivity contribution in [1.29, 1.82) is 0 Å². The minimum absolute atomic E-state index is 0.443. The first kappa shape index (κ1) is 14.7. The number of nitrogens with one attached hydrogen (secondary N) is 2. The average Bonchev–Trinajstić information content (AvgIpc) is 2.50. The topological polar surface area (TPSA) is 50.4 Å². The maximum Gasteiger partial charge on any atom is 0.411 e. The number of anilines is 2. The van der Waals surface area contributed by atoms with E-state index in [0.717, 1.165) is 17.3 Å². The molecule has 1 aromatic carbocycles. The number of methoxy groups -OCH3 is 1. The fourth-order valence-corrected chi connectivity index (χ4v) is 2.83. The van der Waals surface area contributed by atoms with Crippen LogP contribution in [0.15, 0.2) is 24.3 Å². The van der Waals surface area contributed by atoms with Gasteiger partial charge in [-0.05, 0) is 49.9 Å². The van der Waals surface area contributed by atoms with Crippen molar-refractivity contribution in [3.05, 3.63) is 24.3 Å². The Morgan fingerprint density at radius 3 is 2.35 bits per heavy atom. The third-order valence-corrected chi connectivity index (χ3v) is 4.07. The average molecular weight is 276 g/mol. The first-order chi connectivity index (χ1) is 9.69. The van der Waals surface area contributed by atoms with Gasteiger partial charge in [0.2, 0.25) is 0 Å². The Bertz CT molecular complexity index is 425. The van der Waals surface area contributed by atoms with Crippen molar-refractivity contribution in [2.75, 3.05) is 17.7 Å². The Kier molecular flexibility index (Phi) is 5.27. The van der Waals surface area contributed by atoms with Crippen LogP contribution in [0, 0.1) is 5.92 Å². The van der Waals surface area contributed by atoms with Gasteiger partial charge in [0.15, 0.2) is 0 Å². The van der Waals surface area contributed by atoms with Gasteiger partial charge in [-0.25, -0.2) is 4.79 Å². The van der Waals surface area contributed by atoms with Gasteiger partial charge in [0.05, 0.1) is 7.11 Å². The van der Waals surface area contributed by atoms with Crippen LogP contribution in [0.3, 0.4) is 0 Å². The van der Waals surface area contributed by atoms with E-state index in [1.807, 2.05) is 24.3 Å². The predicted molar refractivity (Wildman–Crippen MR) is 82.1 cm³/mol. The monoisotopic (exact) mass is 276 g/mol. The van der Waals surface area contributed by atoms with Crippen LogP contribution in [0.4, 0.5) is 16.2 Å². The highest BCUT2D eigenvalue weighted by Crippen LogP contribution is 2.28. The highest BCUT2D eigenvalue weighted by Gasteiger charge is 2.19. The van der Waals surface area contributed by atoms with Crippen molar-refractivity contribution < 1.29 is 9.53 Å². The zero-order valence-corrected chi connectivity index (χ0v) is 12.3. The molecule has 0 spiro atoms. The van der Waals surface area contributed by atoms with Gasteiger partial charge in [-0.1, -0.05) is 19.3 Å². The fraction of sp³-hybridized carbons (Fsp3) is 0.562. The molecule has 1 aliphatic carbocycles. The van der Waals surface area contributed by atoms with Gasteiger partial charge in [0, 0.05) is 17.4 Å². The van der Waals surface area contributed by atoms with Crippen LogP contribution in [0.25, 0.3) is 0 Å². The molecule has 0 saturated heterocycles. The quantitative estimate of drug-likeness (QED) is 0.864. The second-order valence-corrected chi connectivity index (χ2v) is 5.53.